The maximum absolute atomic E-state index is 14.2. The zero-order chi connectivity index (χ0) is 14.5. The minimum Gasteiger partial charge on any atom is -0.496 e. The number of hydrazine groups is 1. The fraction of sp³-hybridized carbons (Fsp3) is 0.385. The molecule has 1 heterocycles. The standard InChI is InChI=1S/C13H18FN5O/c1-3-7-19-10(8-16-18-19)13(17-15)12-9(14)5-4-6-11(12)20-2/h4-6,8,13,17H,3,7,15H2,1-2H3. The molecule has 1 aromatic heterocycles. The van der Waals surface area contributed by atoms with E-state index in [1.165, 1.54) is 13.2 Å². The molecule has 0 radical (unpaired) electrons. The van der Waals surface area contributed by atoms with Crippen LogP contribution in [0.1, 0.15) is 30.6 Å². The van der Waals surface area contributed by atoms with E-state index in [-0.39, 0.29) is 0 Å². The third-order valence-electron chi connectivity index (χ3n) is 3.07. The molecular weight excluding hydrogens is 261 g/mol. The predicted octanol–water partition coefficient (Wildman–Crippen LogP) is 1.39. The molecule has 3 N–H and O–H groups in total. The monoisotopic (exact) mass is 279 g/mol. The molecule has 0 aliphatic rings. The van der Waals surface area contributed by atoms with Crippen LogP contribution in [0.5, 0.6) is 5.75 Å². The van der Waals surface area contributed by atoms with Crippen molar-refractivity contribution in [3.63, 3.8) is 0 Å². The van der Waals surface area contributed by atoms with Gasteiger partial charge in [0.05, 0.1) is 30.6 Å². The van der Waals surface area contributed by atoms with E-state index in [2.05, 4.69) is 15.7 Å². The van der Waals surface area contributed by atoms with Crippen LogP contribution in [-0.4, -0.2) is 22.1 Å². The van der Waals surface area contributed by atoms with Gasteiger partial charge < -0.3 is 4.74 Å². The zero-order valence-electron chi connectivity index (χ0n) is 11.5. The minimum atomic E-state index is -0.576. The number of methoxy groups -OCH3 is 1. The van der Waals surface area contributed by atoms with Crippen molar-refractivity contribution in [1.29, 1.82) is 0 Å². The van der Waals surface area contributed by atoms with Crippen molar-refractivity contribution in [3.8, 4) is 5.75 Å². The maximum atomic E-state index is 14.2. The number of rotatable bonds is 6. The Bertz CT molecular complexity index is 572. The number of benzene rings is 1. The van der Waals surface area contributed by atoms with E-state index in [0.717, 1.165) is 6.42 Å². The normalized spacial score (nSPS) is 12.4. The Balaban J connectivity index is 2.50. The Kier molecular flexibility index (Phi) is 4.65. The summed E-state index contributed by atoms with van der Waals surface area (Å²) in [6.07, 6.45) is 2.47. The number of hydrogen-bond acceptors (Lipinski definition) is 5. The average Bonchev–Trinajstić information content (AvgIpc) is 2.90. The minimum absolute atomic E-state index is 0.345. The van der Waals surface area contributed by atoms with Gasteiger partial charge in [-0.3, -0.25) is 5.84 Å². The molecule has 0 spiro atoms. The summed E-state index contributed by atoms with van der Waals surface area (Å²) >= 11 is 0. The molecule has 0 saturated heterocycles. The van der Waals surface area contributed by atoms with Crippen molar-refractivity contribution in [2.45, 2.75) is 25.9 Å². The molecule has 0 aliphatic carbocycles. The Hall–Kier alpha value is -1.99. The number of halogens is 1. The molecule has 1 atom stereocenters. The summed E-state index contributed by atoms with van der Waals surface area (Å²) in [7, 11) is 1.49. The summed E-state index contributed by atoms with van der Waals surface area (Å²) in [6.45, 7) is 2.71. The molecule has 20 heavy (non-hydrogen) atoms. The van der Waals surface area contributed by atoms with E-state index in [1.54, 1.807) is 23.0 Å². The molecule has 0 amide bonds. The predicted molar refractivity (Wildman–Crippen MR) is 72.4 cm³/mol. The van der Waals surface area contributed by atoms with Gasteiger partial charge in [-0.25, -0.2) is 14.5 Å². The van der Waals surface area contributed by atoms with Gasteiger partial charge in [-0.2, -0.15) is 0 Å². The van der Waals surface area contributed by atoms with Gasteiger partial charge in [0.25, 0.3) is 0 Å². The van der Waals surface area contributed by atoms with Crippen molar-refractivity contribution >= 4 is 0 Å². The highest BCUT2D eigenvalue weighted by molar-refractivity contribution is 5.40. The van der Waals surface area contributed by atoms with Crippen LogP contribution in [0.2, 0.25) is 0 Å². The Morgan fingerprint density at radius 1 is 1.50 bits per heavy atom. The van der Waals surface area contributed by atoms with Crippen LogP contribution in [-0.2, 0) is 6.54 Å². The lowest BCUT2D eigenvalue weighted by Crippen LogP contribution is -2.31. The first-order valence-electron chi connectivity index (χ1n) is 6.39. The number of nitrogens with two attached hydrogens (primary N) is 1. The van der Waals surface area contributed by atoms with Crippen LogP contribution in [0.4, 0.5) is 4.39 Å². The lowest BCUT2D eigenvalue weighted by molar-refractivity contribution is 0.393. The molecule has 0 saturated carbocycles. The molecule has 6 nitrogen and oxygen atoms in total. The van der Waals surface area contributed by atoms with Gasteiger partial charge in [0.2, 0.25) is 0 Å². The van der Waals surface area contributed by atoms with Gasteiger partial charge >= 0.3 is 0 Å². The number of nitrogens with one attached hydrogen (secondary N) is 1. The number of aryl methyl sites for hydroxylation is 1. The first-order chi connectivity index (χ1) is 9.72. The Labute approximate surface area is 116 Å². The van der Waals surface area contributed by atoms with Gasteiger partial charge in [0.1, 0.15) is 11.6 Å². The molecule has 0 bridgehead atoms. The molecular formula is C13H18FN5O. The summed E-state index contributed by atoms with van der Waals surface area (Å²) in [5.74, 6) is 5.65. The number of hydrogen-bond donors (Lipinski definition) is 2. The Morgan fingerprint density at radius 2 is 2.30 bits per heavy atom. The number of nitrogens with zero attached hydrogens (tertiary/aromatic N) is 3. The average molecular weight is 279 g/mol. The molecule has 2 aromatic rings. The highest BCUT2D eigenvalue weighted by Crippen LogP contribution is 2.31. The van der Waals surface area contributed by atoms with Crippen molar-refractivity contribution in [2.24, 2.45) is 5.84 Å². The Morgan fingerprint density at radius 3 is 2.95 bits per heavy atom. The van der Waals surface area contributed by atoms with Gasteiger partial charge in [0, 0.05) is 6.54 Å². The van der Waals surface area contributed by atoms with Crippen LogP contribution in [0.25, 0.3) is 0 Å². The van der Waals surface area contributed by atoms with Crippen LogP contribution in [0, 0.1) is 5.82 Å². The first kappa shape index (κ1) is 14.4. The van der Waals surface area contributed by atoms with Crippen LogP contribution >= 0.6 is 0 Å². The second-order valence-corrected chi connectivity index (χ2v) is 4.34. The second-order valence-electron chi connectivity index (χ2n) is 4.34. The summed E-state index contributed by atoms with van der Waals surface area (Å²) in [5, 5.41) is 7.87. The number of aromatic nitrogens is 3. The smallest absolute Gasteiger partial charge is 0.132 e. The van der Waals surface area contributed by atoms with Gasteiger partial charge in [0.15, 0.2) is 0 Å². The summed E-state index contributed by atoms with van der Waals surface area (Å²) in [6, 6.07) is 4.08. The van der Waals surface area contributed by atoms with Crippen molar-refractivity contribution in [1.82, 2.24) is 20.4 Å². The fourth-order valence-electron chi connectivity index (χ4n) is 2.17. The highest BCUT2D eigenvalue weighted by atomic mass is 19.1. The summed E-state index contributed by atoms with van der Waals surface area (Å²) < 4.78 is 21.1. The number of ether oxygens (including phenoxy) is 1. The van der Waals surface area contributed by atoms with E-state index in [1.807, 2.05) is 6.92 Å². The zero-order valence-corrected chi connectivity index (χ0v) is 11.5. The topological polar surface area (TPSA) is 78.0 Å². The maximum Gasteiger partial charge on any atom is 0.132 e. The van der Waals surface area contributed by atoms with Gasteiger partial charge in [-0.1, -0.05) is 18.2 Å². The third-order valence-corrected chi connectivity index (χ3v) is 3.07. The van der Waals surface area contributed by atoms with Gasteiger partial charge in [-0.05, 0) is 18.6 Å². The molecule has 108 valence electrons. The highest BCUT2D eigenvalue weighted by Gasteiger charge is 2.24. The third kappa shape index (κ3) is 2.63. The van der Waals surface area contributed by atoms with Crippen molar-refractivity contribution in [3.05, 3.63) is 41.5 Å². The van der Waals surface area contributed by atoms with Crippen molar-refractivity contribution < 1.29 is 9.13 Å². The molecule has 7 heteroatoms. The fourth-order valence-corrected chi connectivity index (χ4v) is 2.17. The summed E-state index contributed by atoms with van der Waals surface area (Å²) in [4.78, 5) is 0. The second kappa shape index (κ2) is 6.44. The summed E-state index contributed by atoms with van der Waals surface area (Å²) in [5.41, 5.74) is 3.65. The van der Waals surface area contributed by atoms with Crippen molar-refractivity contribution in [2.75, 3.05) is 7.11 Å². The van der Waals surface area contributed by atoms with E-state index < -0.39 is 11.9 Å². The molecule has 1 aromatic carbocycles. The SMILES string of the molecule is CCCn1nncc1C(NN)c1c(F)cccc1OC. The van der Waals surface area contributed by atoms with Crippen LogP contribution in [0.3, 0.4) is 0 Å². The molecule has 1 unspecified atom stereocenters. The lowest BCUT2D eigenvalue weighted by Gasteiger charge is -2.20. The van der Waals surface area contributed by atoms with E-state index >= 15 is 0 Å². The molecule has 0 aliphatic heterocycles. The van der Waals surface area contributed by atoms with Gasteiger partial charge in [-0.15, -0.1) is 5.10 Å². The van der Waals surface area contributed by atoms with E-state index in [0.29, 0.717) is 23.6 Å². The molecule has 0 fully saturated rings. The largest absolute Gasteiger partial charge is 0.496 e. The lowest BCUT2D eigenvalue weighted by atomic mass is 10.0. The molecule has 2 rings (SSSR count). The quantitative estimate of drug-likeness (QED) is 0.617. The van der Waals surface area contributed by atoms with E-state index in [9.17, 15) is 4.39 Å². The first-order valence-corrected chi connectivity index (χ1v) is 6.39. The van der Waals surface area contributed by atoms with E-state index in [4.69, 9.17) is 10.6 Å². The van der Waals surface area contributed by atoms with Crippen LogP contribution < -0.4 is 16.0 Å². The van der Waals surface area contributed by atoms with Crippen LogP contribution in [0.15, 0.2) is 24.4 Å².